The Kier molecular flexibility index (Phi) is 5.84. The molecule has 2 aromatic heterocycles. The van der Waals surface area contributed by atoms with Crippen molar-refractivity contribution in [2.24, 2.45) is 17.3 Å². The van der Waals surface area contributed by atoms with Gasteiger partial charge in [-0.2, -0.15) is 5.10 Å². The number of nitrogens with one attached hydrogen (secondary N) is 1. The molecule has 172 valence electrons. The minimum absolute atomic E-state index is 0.132. The van der Waals surface area contributed by atoms with E-state index in [0.29, 0.717) is 27.7 Å². The van der Waals surface area contributed by atoms with Gasteiger partial charge in [-0.05, 0) is 23.8 Å². The van der Waals surface area contributed by atoms with Crippen LogP contribution in [0.25, 0.3) is 33.3 Å². The molecule has 3 aromatic carbocycles. The van der Waals surface area contributed by atoms with Gasteiger partial charge in [0, 0.05) is 28.0 Å². The molecule has 35 heavy (non-hydrogen) atoms. The van der Waals surface area contributed by atoms with Gasteiger partial charge in [0.05, 0.1) is 11.2 Å². The van der Waals surface area contributed by atoms with Crippen LogP contribution in [0.2, 0.25) is 0 Å². The number of halogens is 1. The molecule has 5 aromatic rings. The highest BCUT2D eigenvalue weighted by Crippen LogP contribution is 2.39. The van der Waals surface area contributed by atoms with Crippen molar-refractivity contribution in [2.45, 2.75) is 0 Å². The van der Waals surface area contributed by atoms with E-state index in [-0.39, 0.29) is 17.1 Å². The summed E-state index contributed by atoms with van der Waals surface area (Å²) in [7, 11) is 1.68. The molecule has 0 aliphatic rings. The monoisotopic (exact) mass is 527 g/mol. The average molecular weight is 528 g/mol. The van der Waals surface area contributed by atoms with Crippen molar-refractivity contribution < 1.29 is 9.90 Å². The number of aromatic hydroxyl groups is 1. The van der Waals surface area contributed by atoms with Crippen molar-refractivity contribution in [3.05, 3.63) is 99.3 Å². The van der Waals surface area contributed by atoms with Crippen molar-refractivity contribution in [2.75, 3.05) is 0 Å². The van der Waals surface area contributed by atoms with E-state index in [2.05, 4.69) is 36.4 Å². The second kappa shape index (κ2) is 9.11. The fourth-order valence-corrected chi connectivity index (χ4v) is 4.33. The smallest absolute Gasteiger partial charge is 0.301 e. The Morgan fingerprint density at radius 3 is 2.34 bits per heavy atom. The molecular formula is C26H18BrN5O3. The third-order valence-corrected chi connectivity index (χ3v) is 6.15. The lowest BCUT2D eigenvalue weighted by molar-refractivity contribution is 0.0994. The van der Waals surface area contributed by atoms with E-state index in [9.17, 15) is 14.7 Å². The first-order valence-corrected chi connectivity index (χ1v) is 11.4. The molecular weight excluding hydrogens is 510 g/mol. The van der Waals surface area contributed by atoms with E-state index in [1.165, 1.54) is 0 Å². The molecule has 5 rings (SSSR count). The molecule has 9 heteroatoms. The van der Waals surface area contributed by atoms with Crippen LogP contribution in [0.5, 0.6) is 5.88 Å². The van der Waals surface area contributed by atoms with Crippen LogP contribution in [0.4, 0.5) is 5.69 Å². The van der Waals surface area contributed by atoms with Crippen LogP contribution in [-0.2, 0) is 7.05 Å². The summed E-state index contributed by atoms with van der Waals surface area (Å²) in [5, 5.41) is 25.8. The molecule has 0 atom stereocenters. The lowest BCUT2D eigenvalue weighted by Crippen LogP contribution is -2.20. The van der Waals surface area contributed by atoms with E-state index >= 15 is 0 Å². The largest absolute Gasteiger partial charge is 0.493 e. The molecule has 0 saturated carbocycles. The van der Waals surface area contributed by atoms with Gasteiger partial charge < -0.3 is 9.67 Å². The van der Waals surface area contributed by atoms with E-state index < -0.39 is 11.5 Å². The van der Waals surface area contributed by atoms with Gasteiger partial charge in [-0.15, -0.1) is 10.2 Å². The molecule has 0 spiro atoms. The molecule has 0 fully saturated rings. The predicted octanol–water partition coefficient (Wildman–Crippen LogP) is 5.99. The highest BCUT2D eigenvalue weighted by molar-refractivity contribution is 9.10. The fraction of sp³-hybridized carbons (Fsp3) is 0.0385. The zero-order valence-corrected chi connectivity index (χ0v) is 20.0. The van der Waals surface area contributed by atoms with Gasteiger partial charge in [-0.1, -0.05) is 76.6 Å². The second-order valence-corrected chi connectivity index (χ2v) is 8.70. The lowest BCUT2D eigenvalue weighted by atomic mass is 9.95. The van der Waals surface area contributed by atoms with E-state index in [4.69, 9.17) is 0 Å². The van der Waals surface area contributed by atoms with Gasteiger partial charge in [-0.25, -0.2) is 5.10 Å². The van der Waals surface area contributed by atoms with Gasteiger partial charge in [0.15, 0.2) is 5.69 Å². The molecule has 0 aliphatic heterocycles. The number of H-pyrrole nitrogens is 1. The van der Waals surface area contributed by atoms with Gasteiger partial charge >= 0.3 is 5.91 Å². The van der Waals surface area contributed by atoms with Crippen LogP contribution in [0.15, 0.2) is 98.4 Å². The first-order valence-electron chi connectivity index (χ1n) is 10.6. The molecule has 2 heterocycles. The Hall–Kier alpha value is -4.37. The summed E-state index contributed by atoms with van der Waals surface area (Å²) in [5.74, 6) is -0.998. The van der Waals surface area contributed by atoms with Crippen molar-refractivity contribution in [3.63, 3.8) is 0 Å². The van der Waals surface area contributed by atoms with Crippen molar-refractivity contribution in [1.29, 1.82) is 0 Å². The minimum atomic E-state index is -0.851. The number of hydrogen-bond acceptors (Lipinski definition) is 5. The summed E-state index contributed by atoms with van der Waals surface area (Å²) in [6.07, 6.45) is 0. The van der Waals surface area contributed by atoms with Crippen LogP contribution in [0.1, 0.15) is 10.4 Å². The summed E-state index contributed by atoms with van der Waals surface area (Å²) < 4.78 is 2.32. The third-order valence-electron chi connectivity index (χ3n) is 5.65. The van der Waals surface area contributed by atoms with Crippen LogP contribution in [0.3, 0.4) is 0 Å². The summed E-state index contributed by atoms with van der Waals surface area (Å²) in [5.41, 5.74) is 2.14. The molecule has 0 radical (unpaired) electrons. The normalized spacial score (nSPS) is 11.4. The number of benzene rings is 3. The molecule has 0 aliphatic carbocycles. The van der Waals surface area contributed by atoms with E-state index in [1.54, 1.807) is 29.8 Å². The van der Waals surface area contributed by atoms with Gasteiger partial charge in [0.1, 0.15) is 5.56 Å². The highest BCUT2D eigenvalue weighted by atomic mass is 79.9. The lowest BCUT2D eigenvalue weighted by Gasteiger charge is -2.11. The second-order valence-electron chi connectivity index (χ2n) is 7.78. The van der Waals surface area contributed by atoms with Crippen molar-refractivity contribution in [1.82, 2.24) is 14.8 Å². The Balaban J connectivity index is 1.68. The summed E-state index contributed by atoms with van der Waals surface area (Å²) in [6, 6.07) is 23.7. The number of azo groups is 1. The molecule has 8 nitrogen and oxygen atoms in total. The van der Waals surface area contributed by atoms with Crippen molar-refractivity contribution in [3.8, 4) is 28.3 Å². The Labute approximate surface area is 207 Å². The number of nitrogens with zero attached hydrogens (tertiary/aromatic N) is 4. The van der Waals surface area contributed by atoms with Crippen molar-refractivity contribution >= 4 is 38.4 Å². The maximum atomic E-state index is 13.3. The number of fused-ring (bicyclic) bond motifs is 1. The third kappa shape index (κ3) is 4.06. The Morgan fingerprint density at radius 1 is 1.00 bits per heavy atom. The molecule has 0 unspecified atom stereocenters. The Bertz CT molecular complexity index is 1660. The number of carbonyl (C=O) groups is 1. The molecule has 0 saturated heterocycles. The molecule has 2 N–H and O–H groups in total. The quantitative estimate of drug-likeness (QED) is 0.279. The molecule has 1 amide bonds. The van der Waals surface area contributed by atoms with Gasteiger partial charge in [0.25, 0.3) is 5.56 Å². The number of aromatic amines is 1. The number of hydrogen-bond donors (Lipinski definition) is 2. The number of amides is 1. The minimum Gasteiger partial charge on any atom is -0.493 e. The van der Waals surface area contributed by atoms with Crippen LogP contribution >= 0.6 is 15.9 Å². The summed E-state index contributed by atoms with van der Waals surface area (Å²) in [4.78, 5) is 26.2. The predicted molar refractivity (Wildman–Crippen MR) is 137 cm³/mol. The number of aromatic nitrogens is 3. The number of aryl methyl sites for hydroxylation is 1. The number of carbonyl (C=O) groups excluding carboxylic acids is 1. The summed E-state index contributed by atoms with van der Waals surface area (Å²) >= 11 is 3.41. The topological polar surface area (TPSA) is 113 Å². The first kappa shape index (κ1) is 22.4. The number of rotatable bonds is 4. The maximum Gasteiger partial charge on any atom is 0.301 e. The van der Waals surface area contributed by atoms with Gasteiger partial charge in [0.2, 0.25) is 5.88 Å². The Morgan fingerprint density at radius 2 is 1.66 bits per heavy atom. The fourth-order valence-electron chi connectivity index (χ4n) is 3.97. The van der Waals surface area contributed by atoms with E-state index in [1.807, 2.05) is 60.7 Å². The standard InChI is InChI=1S/C26H18BrN5O3/c1-32-19-13-12-17(27)14-18(19)23(26(32)35)29-31-25(34)21-20(15-8-4-2-5-9-15)22(28-30-24(21)33)16-10-6-3-7-11-16/h2-14,35H,1H3,(H,30,33). The average Bonchev–Trinajstić information content (AvgIpc) is 3.11. The van der Waals surface area contributed by atoms with Crippen LogP contribution < -0.4 is 5.56 Å². The first-order chi connectivity index (χ1) is 17.0. The van der Waals surface area contributed by atoms with Gasteiger partial charge in [-0.3, -0.25) is 9.59 Å². The zero-order valence-electron chi connectivity index (χ0n) is 18.4. The zero-order chi connectivity index (χ0) is 24.5. The summed E-state index contributed by atoms with van der Waals surface area (Å²) in [6.45, 7) is 0. The highest BCUT2D eigenvalue weighted by Gasteiger charge is 2.23. The SMILES string of the molecule is Cn1c(O)c(N=NC(=O)c2c(-c3ccccc3)c(-c3ccccc3)n[nH]c2=O)c2cc(Br)ccc21. The van der Waals surface area contributed by atoms with Crippen LogP contribution in [0, 0.1) is 0 Å². The van der Waals surface area contributed by atoms with E-state index in [0.717, 1.165) is 10.0 Å². The maximum absolute atomic E-state index is 13.3. The van der Waals surface area contributed by atoms with Crippen LogP contribution in [-0.4, -0.2) is 25.8 Å². The molecule has 0 bridgehead atoms.